The number of rotatable bonds is 5. The van der Waals surface area contributed by atoms with Crippen molar-refractivity contribution in [3.05, 3.63) is 29.3 Å². The summed E-state index contributed by atoms with van der Waals surface area (Å²) in [5, 5.41) is 12.8. The minimum Gasteiger partial charge on any atom is -0.394 e. The van der Waals surface area contributed by atoms with Crippen molar-refractivity contribution in [2.45, 2.75) is 45.9 Å². The highest BCUT2D eigenvalue weighted by Gasteiger charge is 2.33. The number of ether oxygens (including phenoxy) is 1. The summed E-state index contributed by atoms with van der Waals surface area (Å²) in [4.78, 5) is 2.31. The quantitative estimate of drug-likeness (QED) is 0.872. The fraction of sp³-hybridized carbons (Fsp3) is 0.647. The molecule has 4 nitrogen and oxygen atoms in total. The second-order valence-electron chi connectivity index (χ2n) is 6.45. The zero-order chi connectivity index (χ0) is 15.5. The van der Waals surface area contributed by atoms with E-state index in [2.05, 4.69) is 56.1 Å². The predicted octanol–water partition coefficient (Wildman–Crippen LogP) is 2.08. The maximum atomic E-state index is 9.42. The third-order valence-corrected chi connectivity index (χ3v) is 3.94. The van der Waals surface area contributed by atoms with Crippen molar-refractivity contribution < 1.29 is 9.84 Å². The van der Waals surface area contributed by atoms with Gasteiger partial charge >= 0.3 is 0 Å². The summed E-state index contributed by atoms with van der Waals surface area (Å²) in [7, 11) is 0. The summed E-state index contributed by atoms with van der Waals surface area (Å²) in [6.45, 7) is 12.0. The Balaban J connectivity index is 2.15. The van der Waals surface area contributed by atoms with Gasteiger partial charge < -0.3 is 20.1 Å². The zero-order valence-electron chi connectivity index (χ0n) is 13.6. The lowest BCUT2D eigenvalue weighted by atomic mass is 10.0. The Hall–Kier alpha value is -1.10. The van der Waals surface area contributed by atoms with Crippen molar-refractivity contribution in [2.75, 3.05) is 31.1 Å². The topological polar surface area (TPSA) is 44.7 Å². The fourth-order valence-corrected chi connectivity index (χ4v) is 2.92. The smallest absolute Gasteiger partial charge is 0.0988 e. The van der Waals surface area contributed by atoms with E-state index in [1.807, 2.05) is 0 Å². The fourth-order valence-electron chi connectivity index (χ4n) is 2.92. The number of anilines is 1. The monoisotopic (exact) mass is 292 g/mol. The van der Waals surface area contributed by atoms with Gasteiger partial charge in [-0.05, 0) is 50.6 Å². The molecule has 1 aliphatic rings. The van der Waals surface area contributed by atoms with Crippen LogP contribution in [0, 0.1) is 6.92 Å². The van der Waals surface area contributed by atoms with E-state index >= 15 is 0 Å². The van der Waals surface area contributed by atoms with Gasteiger partial charge in [-0.25, -0.2) is 0 Å². The Bertz CT molecular complexity index is 474. The Kier molecular flexibility index (Phi) is 5.25. The number of hydrogen-bond acceptors (Lipinski definition) is 4. The van der Waals surface area contributed by atoms with Crippen LogP contribution in [0.1, 0.15) is 31.9 Å². The third-order valence-electron chi connectivity index (χ3n) is 3.94. The number of aliphatic hydroxyl groups is 1. The van der Waals surface area contributed by atoms with Crippen LogP contribution in [0.25, 0.3) is 0 Å². The highest BCUT2D eigenvalue weighted by Crippen LogP contribution is 2.27. The van der Waals surface area contributed by atoms with E-state index in [0.29, 0.717) is 0 Å². The molecule has 2 rings (SSSR count). The van der Waals surface area contributed by atoms with Gasteiger partial charge in [-0.15, -0.1) is 0 Å². The van der Waals surface area contributed by atoms with Crippen molar-refractivity contribution in [1.82, 2.24) is 5.32 Å². The molecule has 1 aromatic rings. The molecule has 0 saturated carbocycles. The van der Waals surface area contributed by atoms with Crippen LogP contribution < -0.4 is 10.2 Å². The number of hydrogen-bond donors (Lipinski definition) is 2. The van der Waals surface area contributed by atoms with E-state index in [-0.39, 0.29) is 18.3 Å². The van der Waals surface area contributed by atoms with E-state index in [1.54, 1.807) is 0 Å². The van der Waals surface area contributed by atoms with E-state index in [9.17, 15) is 5.11 Å². The van der Waals surface area contributed by atoms with Crippen molar-refractivity contribution in [3.8, 4) is 0 Å². The molecule has 4 heteroatoms. The number of aliphatic hydroxyl groups excluding tert-OH is 1. The molecule has 0 spiro atoms. The number of morpholine rings is 1. The van der Waals surface area contributed by atoms with E-state index < -0.39 is 0 Å². The van der Waals surface area contributed by atoms with Gasteiger partial charge in [-0.2, -0.15) is 0 Å². The second-order valence-corrected chi connectivity index (χ2v) is 6.45. The Morgan fingerprint density at radius 3 is 2.81 bits per heavy atom. The summed E-state index contributed by atoms with van der Waals surface area (Å²) < 4.78 is 5.88. The van der Waals surface area contributed by atoms with Crippen LogP contribution in [-0.2, 0) is 11.3 Å². The summed E-state index contributed by atoms with van der Waals surface area (Å²) in [6.07, 6.45) is -0.115. The van der Waals surface area contributed by atoms with Crippen molar-refractivity contribution in [2.24, 2.45) is 0 Å². The first-order chi connectivity index (χ1) is 9.95. The zero-order valence-corrected chi connectivity index (χ0v) is 13.6. The second kappa shape index (κ2) is 6.77. The Labute approximate surface area is 128 Å². The summed E-state index contributed by atoms with van der Waals surface area (Å²) in [6, 6.07) is 6.61. The van der Waals surface area contributed by atoms with E-state index in [4.69, 9.17) is 4.74 Å². The standard InChI is InChI=1S/C17H28N2O2/c1-5-18-9-14-6-7-15(8-13(14)2)19-10-16(11-20)21-17(3,4)12-19/h6-8,16,18,20H,5,9-12H2,1-4H3. The number of nitrogens with zero attached hydrogens (tertiary/aromatic N) is 1. The van der Waals surface area contributed by atoms with Gasteiger partial charge in [0.05, 0.1) is 18.3 Å². The van der Waals surface area contributed by atoms with Crippen LogP contribution in [0.2, 0.25) is 0 Å². The minimum atomic E-state index is -0.234. The van der Waals surface area contributed by atoms with E-state index in [1.165, 1.54) is 16.8 Å². The van der Waals surface area contributed by atoms with Crippen LogP contribution in [0.15, 0.2) is 18.2 Å². The molecule has 118 valence electrons. The maximum Gasteiger partial charge on any atom is 0.0988 e. The van der Waals surface area contributed by atoms with Gasteiger partial charge in [0.15, 0.2) is 0 Å². The lowest BCUT2D eigenvalue weighted by Crippen LogP contribution is -2.54. The van der Waals surface area contributed by atoms with Gasteiger partial charge in [0, 0.05) is 25.3 Å². The van der Waals surface area contributed by atoms with Gasteiger partial charge in [-0.3, -0.25) is 0 Å². The lowest BCUT2D eigenvalue weighted by Gasteiger charge is -2.43. The molecule has 21 heavy (non-hydrogen) atoms. The number of nitrogens with one attached hydrogen (secondary N) is 1. The first-order valence-corrected chi connectivity index (χ1v) is 7.79. The minimum absolute atomic E-state index is 0.0669. The average Bonchev–Trinajstić information content (AvgIpc) is 2.44. The molecule has 0 amide bonds. The van der Waals surface area contributed by atoms with E-state index in [0.717, 1.165) is 26.2 Å². The molecule has 0 aromatic heterocycles. The van der Waals surface area contributed by atoms with Gasteiger partial charge in [-0.1, -0.05) is 13.0 Å². The summed E-state index contributed by atoms with van der Waals surface area (Å²) in [5.74, 6) is 0. The number of benzene rings is 1. The lowest BCUT2D eigenvalue weighted by molar-refractivity contribution is -0.101. The SMILES string of the molecule is CCNCc1ccc(N2CC(CO)OC(C)(C)C2)cc1C. The largest absolute Gasteiger partial charge is 0.394 e. The maximum absolute atomic E-state index is 9.42. The molecule has 1 heterocycles. The number of aryl methyl sites for hydroxylation is 1. The molecule has 1 aromatic carbocycles. The molecule has 1 fully saturated rings. The van der Waals surface area contributed by atoms with Crippen LogP contribution in [0.5, 0.6) is 0 Å². The first kappa shape index (κ1) is 16.3. The van der Waals surface area contributed by atoms with Crippen molar-refractivity contribution in [3.63, 3.8) is 0 Å². The molecule has 0 radical (unpaired) electrons. The van der Waals surface area contributed by atoms with Crippen molar-refractivity contribution >= 4 is 5.69 Å². The molecule has 2 N–H and O–H groups in total. The molecule has 1 unspecified atom stereocenters. The van der Waals surface area contributed by atoms with Crippen molar-refractivity contribution in [1.29, 1.82) is 0 Å². The van der Waals surface area contributed by atoms with Gasteiger partial charge in [0.1, 0.15) is 0 Å². The molecule has 1 atom stereocenters. The van der Waals surface area contributed by atoms with Gasteiger partial charge in [0.2, 0.25) is 0 Å². The average molecular weight is 292 g/mol. The summed E-state index contributed by atoms with van der Waals surface area (Å²) >= 11 is 0. The van der Waals surface area contributed by atoms with Crippen LogP contribution in [0.3, 0.4) is 0 Å². The van der Waals surface area contributed by atoms with Gasteiger partial charge in [0.25, 0.3) is 0 Å². The Morgan fingerprint density at radius 2 is 2.19 bits per heavy atom. The Morgan fingerprint density at radius 1 is 1.43 bits per heavy atom. The van der Waals surface area contributed by atoms with Crippen LogP contribution >= 0.6 is 0 Å². The van der Waals surface area contributed by atoms with Crippen LogP contribution in [0.4, 0.5) is 5.69 Å². The molecule has 0 aliphatic carbocycles. The molecular formula is C17H28N2O2. The third kappa shape index (κ3) is 4.19. The highest BCUT2D eigenvalue weighted by atomic mass is 16.5. The summed E-state index contributed by atoms with van der Waals surface area (Å²) in [5.41, 5.74) is 3.62. The molecule has 1 aliphatic heterocycles. The molecule has 0 bridgehead atoms. The normalized spacial score (nSPS) is 21.6. The molecular weight excluding hydrogens is 264 g/mol. The van der Waals surface area contributed by atoms with Crippen LogP contribution in [-0.4, -0.2) is 43.1 Å². The predicted molar refractivity (Wildman–Crippen MR) is 86.8 cm³/mol. The highest BCUT2D eigenvalue weighted by molar-refractivity contribution is 5.51. The first-order valence-electron chi connectivity index (χ1n) is 7.79. The molecule has 1 saturated heterocycles.